The van der Waals surface area contributed by atoms with Crippen molar-refractivity contribution in [1.29, 1.82) is 0 Å². The van der Waals surface area contributed by atoms with Crippen molar-refractivity contribution in [3.05, 3.63) is 35.9 Å². The molecule has 0 bridgehead atoms. The SMILES string of the molecule is CN=C(NCCS(=O)Cc1ccccc1)NCC1(CCOC)CCCC1.I. The first-order valence-electron chi connectivity index (χ1n) is 9.50. The minimum absolute atomic E-state index is 0. The summed E-state index contributed by atoms with van der Waals surface area (Å²) in [6.45, 7) is 2.39. The van der Waals surface area contributed by atoms with E-state index in [4.69, 9.17) is 4.74 Å². The highest BCUT2D eigenvalue weighted by Gasteiger charge is 2.33. The lowest BCUT2D eigenvalue weighted by molar-refractivity contribution is 0.138. The Bertz CT molecular complexity index is 578. The molecule has 154 valence electrons. The summed E-state index contributed by atoms with van der Waals surface area (Å²) in [5, 5.41) is 6.77. The van der Waals surface area contributed by atoms with Crippen molar-refractivity contribution in [1.82, 2.24) is 10.6 Å². The molecule has 7 heteroatoms. The maximum atomic E-state index is 12.2. The fraction of sp³-hybridized carbons (Fsp3) is 0.650. The van der Waals surface area contributed by atoms with E-state index in [1.165, 1.54) is 25.7 Å². The molecule has 0 amide bonds. The third-order valence-electron chi connectivity index (χ3n) is 5.15. The summed E-state index contributed by atoms with van der Waals surface area (Å²) in [5.74, 6) is 2.02. The van der Waals surface area contributed by atoms with E-state index in [-0.39, 0.29) is 24.0 Å². The van der Waals surface area contributed by atoms with Gasteiger partial charge in [-0.2, -0.15) is 0 Å². The van der Waals surface area contributed by atoms with Crippen molar-refractivity contribution >= 4 is 40.7 Å². The molecule has 27 heavy (non-hydrogen) atoms. The molecule has 1 unspecified atom stereocenters. The normalized spacial score (nSPS) is 17.2. The highest BCUT2D eigenvalue weighted by Crippen LogP contribution is 2.40. The van der Waals surface area contributed by atoms with E-state index in [0.717, 1.165) is 31.1 Å². The predicted octanol–water partition coefficient (Wildman–Crippen LogP) is 3.32. The molecule has 0 radical (unpaired) electrons. The van der Waals surface area contributed by atoms with E-state index in [0.29, 0.717) is 23.5 Å². The van der Waals surface area contributed by atoms with Gasteiger partial charge < -0.3 is 15.4 Å². The molecule has 1 atom stereocenters. The quantitative estimate of drug-likeness (QED) is 0.290. The molecule has 0 aliphatic heterocycles. The van der Waals surface area contributed by atoms with Crippen LogP contribution in [0.25, 0.3) is 0 Å². The number of rotatable bonds is 10. The Morgan fingerprint density at radius 3 is 2.56 bits per heavy atom. The van der Waals surface area contributed by atoms with Gasteiger partial charge in [-0.1, -0.05) is 43.2 Å². The summed E-state index contributed by atoms with van der Waals surface area (Å²) in [6, 6.07) is 9.99. The van der Waals surface area contributed by atoms with Crippen LogP contribution < -0.4 is 10.6 Å². The molecular formula is C20H34IN3O2S. The molecule has 1 aliphatic rings. The fourth-order valence-electron chi connectivity index (χ4n) is 3.57. The standard InChI is InChI=1S/C20H33N3O2S.HI/c1-21-19(23-17-20(12-14-25-2)10-6-7-11-20)22-13-15-26(24)16-18-8-4-3-5-9-18;/h3-5,8-9H,6-7,10-17H2,1-2H3,(H2,21,22,23);1H. The lowest BCUT2D eigenvalue weighted by Gasteiger charge is -2.29. The molecular weight excluding hydrogens is 473 g/mol. The molecule has 2 N–H and O–H groups in total. The van der Waals surface area contributed by atoms with Gasteiger partial charge in [0.1, 0.15) is 0 Å². The maximum Gasteiger partial charge on any atom is 0.191 e. The number of methoxy groups -OCH3 is 1. The highest BCUT2D eigenvalue weighted by atomic mass is 127. The molecule has 1 aromatic carbocycles. The van der Waals surface area contributed by atoms with Crippen molar-refractivity contribution in [2.45, 2.75) is 37.9 Å². The summed E-state index contributed by atoms with van der Waals surface area (Å²) in [4.78, 5) is 4.31. The Balaban J connectivity index is 0.00000364. The summed E-state index contributed by atoms with van der Waals surface area (Å²) in [5.41, 5.74) is 1.44. The molecule has 1 fully saturated rings. The third-order valence-corrected chi connectivity index (χ3v) is 6.46. The van der Waals surface area contributed by atoms with Crippen LogP contribution in [-0.2, 0) is 21.3 Å². The number of guanidine groups is 1. The zero-order chi connectivity index (χ0) is 18.7. The zero-order valence-corrected chi connectivity index (χ0v) is 19.7. The summed E-state index contributed by atoms with van der Waals surface area (Å²) in [7, 11) is 2.68. The fourth-order valence-corrected chi connectivity index (χ4v) is 4.60. The number of ether oxygens (including phenoxy) is 1. The monoisotopic (exact) mass is 507 g/mol. The van der Waals surface area contributed by atoms with Crippen molar-refractivity contribution in [2.24, 2.45) is 10.4 Å². The average molecular weight is 507 g/mol. The van der Waals surface area contributed by atoms with Gasteiger partial charge in [0.25, 0.3) is 0 Å². The van der Waals surface area contributed by atoms with Crippen LogP contribution in [0.15, 0.2) is 35.3 Å². The van der Waals surface area contributed by atoms with E-state index in [1.54, 1.807) is 14.2 Å². The number of halogens is 1. The zero-order valence-electron chi connectivity index (χ0n) is 16.5. The van der Waals surface area contributed by atoms with Crippen molar-refractivity contribution in [3.63, 3.8) is 0 Å². The van der Waals surface area contributed by atoms with E-state index in [1.807, 2.05) is 30.3 Å². The first-order chi connectivity index (χ1) is 12.7. The lowest BCUT2D eigenvalue weighted by atomic mass is 9.83. The van der Waals surface area contributed by atoms with Crippen LogP contribution in [0, 0.1) is 5.41 Å². The second kappa shape index (κ2) is 13.5. The van der Waals surface area contributed by atoms with Gasteiger partial charge in [-0.25, -0.2) is 0 Å². The lowest BCUT2D eigenvalue weighted by Crippen LogP contribution is -2.44. The Labute approximate surface area is 183 Å². The van der Waals surface area contributed by atoms with E-state index in [2.05, 4.69) is 15.6 Å². The Kier molecular flexibility index (Phi) is 12.2. The number of benzene rings is 1. The van der Waals surface area contributed by atoms with Crippen LogP contribution in [0.2, 0.25) is 0 Å². The van der Waals surface area contributed by atoms with Gasteiger partial charge in [0.15, 0.2) is 5.96 Å². The molecule has 1 aromatic rings. The molecule has 1 saturated carbocycles. The summed E-state index contributed by atoms with van der Waals surface area (Å²) < 4.78 is 17.5. The molecule has 5 nitrogen and oxygen atoms in total. The Morgan fingerprint density at radius 1 is 1.22 bits per heavy atom. The largest absolute Gasteiger partial charge is 0.385 e. The molecule has 0 spiro atoms. The first-order valence-corrected chi connectivity index (χ1v) is 11.0. The number of hydrogen-bond acceptors (Lipinski definition) is 3. The van der Waals surface area contributed by atoms with E-state index < -0.39 is 10.8 Å². The van der Waals surface area contributed by atoms with Crippen LogP contribution in [0.1, 0.15) is 37.7 Å². The second-order valence-electron chi connectivity index (χ2n) is 7.08. The third kappa shape index (κ3) is 8.91. The molecule has 2 rings (SSSR count). The molecule has 0 aromatic heterocycles. The van der Waals surface area contributed by atoms with Crippen LogP contribution >= 0.6 is 24.0 Å². The number of aliphatic imine (C=N–C) groups is 1. The van der Waals surface area contributed by atoms with Gasteiger partial charge in [-0.3, -0.25) is 9.20 Å². The van der Waals surface area contributed by atoms with Gasteiger partial charge in [0.05, 0.1) is 0 Å². The average Bonchev–Trinajstić information content (AvgIpc) is 3.13. The minimum Gasteiger partial charge on any atom is -0.385 e. The summed E-state index contributed by atoms with van der Waals surface area (Å²) in [6.07, 6.45) is 6.20. The first kappa shape index (κ1) is 24.4. The van der Waals surface area contributed by atoms with Crippen molar-refractivity contribution < 1.29 is 8.95 Å². The topological polar surface area (TPSA) is 62.7 Å². The van der Waals surface area contributed by atoms with E-state index in [9.17, 15) is 4.21 Å². The van der Waals surface area contributed by atoms with Gasteiger partial charge in [0, 0.05) is 56.2 Å². The molecule has 1 aliphatic carbocycles. The second-order valence-corrected chi connectivity index (χ2v) is 8.65. The minimum atomic E-state index is -0.870. The van der Waals surface area contributed by atoms with Crippen LogP contribution in [0.5, 0.6) is 0 Å². The molecule has 0 heterocycles. The van der Waals surface area contributed by atoms with Crippen LogP contribution in [0.4, 0.5) is 0 Å². The summed E-state index contributed by atoms with van der Waals surface area (Å²) >= 11 is 0. The van der Waals surface area contributed by atoms with Crippen molar-refractivity contribution in [2.75, 3.05) is 39.6 Å². The van der Waals surface area contributed by atoms with Gasteiger partial charge in [0.2, 0.25) is 0 Å². The van der Waals surface area contributed by atoms with Gasteiger partial charge in [-0.15, -0.1) is 24.0 Å². The van der Waals surface area contributed by atoms with Gasteiger partial charge in [-0.05, 0) is 30.2 Å². The number of nitrogens with zero attached hydrogens (tertiary/aromatic N) is 1. The van der Waals surface area contributed by atoms with Crippen molar-refractivity contribution in [3.8, 4) is 0 Å². The maximum absolute atomic E-state index is 12.2. The number of nitrogens with one attached hydrogen (secondary N) is 2. The molecule has 0 saturated heterocycles. The Morgan fingerprint density at radius 2 is 1.93 bits per heavy atom. The van der Waals surface area contributed by atoms with E-state index >= 15 is 0 Å². The Hall–Kier alpha value is -0.670. The number of hydrogen-bond donors (Lipinski definition) is 2. The van der Waals surface area contributed by atoms with Crippen LogP contribution in [0.3, 0.4) is 0 Å². The van der Waals surface area contributed by atoms with Crippen LogP contribution in [-0.4, -0.2) is 49.8 Å². The predicted molar refractivity (Wildman–Crippen MR) is 125 cm³/mol. The van der Waals surface area contributed by atoms with Gasteiger partial charge >= 0.3 is 0 Å². The smallest absolute Gasteiger partial charge is 0.191 e. The highest BCUT2D eigenvalue weighted by molar-refractivity contribution is 14.0.